The summed E-state index contributed by atoms with van der Waals surface area (Å²) in [7, 11) is 0. The summed E-state index contributed by atoms with van der Waals surface area (Å²) in [4.78, 5) is 11.3. The molecule has 0 radical (unpaired) electrons. The number of aromatic nitrogens is 2. The molecule has 0 fully saturated rings. The van der Waals surface area contributed by atoms with Crippen LogP contribution in [0.1, 0.15) is 11.1 Å². The Morgan fingerprint density at radius 3 is 2.60 bits per heavy atom. The van der Waals surface area contributed by atoms with Gasteiger partial charge >= 0.3 is 0 Å². The standard InChI is InChI=1S/C12H10N2O/c15-12-11(8-9-13-14-12)7-6-10-4-2-1-3-5-10/h1-9H,(H,14,15). The van der Waals surface area contributed by atoms with E-state index in [-0.39, 0.29) is 5.56 Å². The van der Waals surface area contributed by atoms with Crippen molar-refractivity contribution in [2.75, 3.05) is 0 Å². The van der Waals surface area contributed by atoms with Crippen molar-refractivity contribution < 1.29 is 0 Å². The fourth-order valence-corrected chi connectivity index (χ4v) is 1.24. The summed E-state index contributed by atoms with van der Waals surface area (Å²) in [5.74, 6) is 0. The summed E-state index contributed by atoms with van der Waals surface area (Å²) in [5.41, 5.74) is 1.49. The fraction of sp³-hybridized carbons (Fsp3) is 0. The van der Waals surface area contributed by atoms with Crippen LogP contribution in [0.15, 0.2) is 47.4 Å². The third-order valence-corrected chi connectivity index (χ3v) is 2.01. The van der Waals surface area contributed by atoms with E-state index in [0.717, 1.165) is 5.56 Å². The molecule has 0 bridgehead atoms. The maximum absolute atomic E-state index is 11.3. The SMILES string of the molecule is O=c1[nH]nccc1C=Cc1ccccc1. The van der Waals surface area contributed by atoms with Gasteiger partial charge in [-0.1, -0.05) is 36.4 Å². The van der Waals surface area contributed by atoms with E-state index < -0.39 is 0 Å². The molecule has 0 aliphatic carbocycles. The second-order valence-corrected chi connectivity index (χ2v) is 3.09. The molecule has 1 aromatic carbocycles. The fourth-order valence-electron chi connectivity index (χ4n) is 1.24. The summed E-state index contributed by atoms with van der Waals surface area (Å²) in [6.07, 6.45) is 5.23. The van der Waals surface area contributed by atoms with Gasteiger partial charge < -0.3 is 0 Å². The molecule has 0 aliphatic heterocycles. The lowest BCUT2D eigenvalue weighted by Gasteiger charge is -1.92. The molecule has 0 unspecified atom stereocenters. The van der Waals surface area contributed by atoms with Gasteiger partial charge in [0.05, 0.1) is 0 Å². The minimum absolute atomic E-state index is 0.176. The van der Waals surface area contributed by atoms with Crippen molar-refractivity contribution in [3.05, 3.63) is 64.1 Å². The summed E-state index contributed by atoms with van der Waals surface area (Å²) >= 11 is 0. The second-order valence-electron chi connectivity index (χ2n) is 3.09. The molecule has 0 saturated carbocycles. The zero-order valence-electron chi connectivity index (χ0n) is 8.05. The first-order chi connectivity index (χ1) is 7.36. The van der Waals surface area contributed by atoms with Gasteiger partial charge in [0.25, 0.3) is 5.56 Å². The van der Waals surface area contributed by atoms with E-state index in [0.29, 0.717) is 5.56 Å². The molecule has 0 amide bonds. The van der Waals surface area contributed by atoms with Crippen molar-refractivity contribution in [2.45, 2.75) is 0 Å². The Hall–Kier alpha value is -2.16. The summed E-state index contributed by atoms with van der Waals surface area (Å²) in [6.45, 7) is 0. The smallest absolute Gasteiger partial charge is 0.267 e. The van der Waals surface area contributed by atoms with Crippen molar-refractivity contribution in [1.82, 2.24) is 10.2 Å². The van der Waals surface area contributed by atoms with Crippen LogP contribution in [0.3, 0.4) is 0 Å². The third kappa shape index (κ3) is 2.40. The first-order valence-corrected chi connectivity index (χ1v) is 4.63. The van der Waals surface area contributed by atoms with Gasteiger partial charge in [0, 0.05) is 11.8 Å². The Morgan fingerprint density at radius 2 is 1.87 bits per heavy atom. The van der Waals surface area contributed by atoms with Gasteiger partial charge in [-0.05, 0) is 17.7 Å². The van der Waals surface area contributed by atoms with Gasteiger partial charge in [0.2, 0.25) is 0 Å². The summed E-state index contributed by atoms with van der Waals surface area (Å²) < 4.78 is 0. The number of nitrogens with zero attached hydrogens (tertiary/aromatic N) is 1. The van der Waals surface area contributed by atoms with Crippen molar-refractivity contribution in [2.24, 2.45) is 0 Å². The van der Waals surface area contributed by atoms with Crippen molar-refractivity contribution in [3.8, 4) is 0 Å². The Morgan fingerprint density at radius 1 is 1.07 bits per heavy atom. The molecule has 74 valence electrons. The van der Waals surface area contributed by atoms with E-state index in [4.69, 9.17) is 0 Å². The molecule has 0 aliphatic rings. The second kappa shape index (κ2) is 4.37. The number of H-pyrrole nitrogens is 1. The van der Waals surface area contributed by atoms with Crippen molar-refractivity contribution in [3.63, 3.8) is 0 Å². The number of benzene rings is 1. The molecular weight excluding hydrogens is 188 g/mol. The van der Waals surface area contributed by atoms with Gasteiger partial charge in [-0.3, -0.25) is 4.79 Å². The average Bonchev–Trinajstić information content (AvgIpc) is 2.29. The van der Waals surface area contributed by atoms with E-state index in [1.54, 1.807) is 18.3 Å². The van der Waals surface area contributed by atoms with Gasteiger partial charge in [-0.15, -0.1) is 0 Å². The van der Waals surface area contributed by atoms with Gasteiger partial charge in [0.1, 0.15) is 0 Å². The lowest BCUT2D eigenvalue weighted by atomic mass is 10.2. The molecule has 3 nitrogen and oxygen atoms in total. The van der Waals surface area contributed by atoms with Crippen LogP contribution >= 0.6 is 0 Å². The highest BCUT2D eigenvalue weighted by Gasteiger charge is 1.92. The Bertz CT molecular complexity index is 514. The van der Waals surface area contributed by atoms with Crippen LogP contribution in [-0.2, 0) is 0 Å². The van der Waals surface area contributed by atoms with Crippen LogP contribution < -0.4 is 5.56 Å². The third-order valence-electron chi connectivity index (χ3n) is 2.01. The lowest BCUT2D eigenvalue weighted by molar-refractivity contribution is 0.984. The zero-order valence-corrected chi connectivity index (χ0v) is 8.05. The largest absolute Gasteiger partial charge is 0.271 e. The van der Waals surface area contributed by atoms with Gasteiger partial charge in [-0.25, -0.2) is 5.10 Å². The van der Waals surface area contributed by atoms with Crippen molar-refractivity contribution in [1.29, 1.82) is 0 Å². The molecule has 1 N–H and O–H groups in total. The van der Waals surface area contributed by atoms with E-state index in [9.17, 15) is 4.79 Å². The van der Waals surface area contributed by atoms with E-state index in [2.05, 4.69) is 10.2 Å². The number of aromatic amines is 1. The molecular formula is C12H10N2O. The quantitative estimate of drug-likeness (QED) is 0.801. The molecule has 0 spiro atoms. The van der Waals surface area contributed by atoms with E-state index in [1.807, 2.05) is 36.4 Å². The van der Waals surface area contributed by atoms with Crippen LogP contribution in [0.4, 0.5) is 0 Å². The molecule has 3 heteroatoms. The zero-order chi connectivity index (χ0) is 10.5. The highest BCUT2D eigenvalue weighted by molar-refractivity contribution is 5.68. The van der Waals surface area contributed by atoms with Gasteiger partial charge in [-0.2, -0.15) is 5.10 Å². The number of rotatable bonds is 2. The molecule has 1 heterocycles. The van der Waals surface area contributed by atoms with Crippen LogP contribution in [0, 0.1) is 0 Å². The monoisotopic (exact) mass is 198 g/mol. The highest BCUT2D eigenvalue weighted by Crippen LogP contribution is 2.03. The summed E-state index contributed by atoms with van der Waals surface area (Å²) in [6, 6.07) is 11.5. The number of hydrogen-bond donors (Lipinski definition) is 1. The van der Waals surface area contributed by atoms with E-state index >= 15 is 0 Å². The summed E-state index contributed by atoms with van der Waals surface area (Å²) in [5, 5.41) is 6.01. The normalized spacial score (nSPS) is 10.7. The van der Waals surface area contributed by atoms with Crippen LogP contribution in [0.25, 0.3) is 12.2 Å². The minimum Gasteiger partial charge on any atom is -0.267 e. The van der Waals surface area contributed by atoms with Crippen LogP contribution in [0.2, 0.25) is 0 Å². The molecule has 1 aromatic heterocycles. The predicted octanol–water partition coefficient (Wildman–Crippen LogP) is 1.94. The molecule has 15 heavy (non-hydrogen) atoms. The first-order valence-electron chi connectivity index (χ1n) is 4.63. The number of hydrogen-bond acceptors (Lipinski definition) is 2. The molecule has 2 rings (SSSR count). The first kappa shape index (κ1) is 9.40. The van der Waals surface area contributed by atoms with Gasteiger partial charge in [0.15, 0.2) is 0 Å². The van der Waals surface area contributed by atoms with Crippen LogP contribution in [-0.4, -0.2) is 10.2 Å². The lowest BCUT2D eigenvalue weighted by Crippen LogP contribution is -2.09. The molecule has 0 atom stereocenters. The Labute approximate surface area is 87.1 Å². The average molecular weight is 198 g/mol. The maximum Gasteiger partial charge on any atom is 0.271 e. The Balaban J connectivity index is 2.27. The molecule has 2 aromatic rings. The van der Waals surface area contributed by atoms with Crippen molar-refractivity contribution >= 4 is 12.2 Å². The minimum atomic E-state index is -0.176. The Kier molecular flexibility index (Phi) is 2.74. The van der Waals surface area contributed by atoms with E-state index in [1.165, 1.54) is 0 Å². The number of nitrogens with one attached hydrogen (secondary N) is 1. The maximum atomic E-state index is 11.3. The molecule has 0 saturated heterocycles. The van der Waals surface area contributed by atoms with Crippen LogP contribution in [0.5, 0.6) is 0 Å². The topological polar surface area (TPSA) is 45.8 Å². The highest BCUT2D eigenvalue weighted by atomic mass is 16.1. The predicted molar refractivity (Wildman–Crippen MR) is 60.2 cm³/mol.